The van der Waals surface area contributed by atoms with Crippen LogP contribution < -0.4 is 4.90 Å². The van der Waals surface area contributed by atoms with Crippen molar-refractivity contribution < 1.29 is 8.78 Å². The number of anilines is 1. The Kier molecular flexibility index (Phi) is 3.22. The fourth-order valence-electron chi connectivity index (χ4n) is 2.52. The minimum Gasteiger partial charge on any atom is -0.344 e. The highest BCUT2D eigenvalue weighted by atomic mass is 79.9. The maximum Gasteiger partial charge on any atom is 0.282 e. The molecule has 1 aromatic carbocycles. The number of hydrogen-bond acceptors (Lipinski definition) is 5. The van der Waals surface area contributed by atoms with Crippen LogP contribution in [0.4, 0.5) is 14.6 Å². The summed E-state index contributed by atoms with van der Waals surface area (Å²) >= 11 is 3.40. The molecule has 1 fully saturated rings. The van der Waals surface area contributed by atoms with Gasteiger partial charge in [-0.2, -0.15) is 0 Å². The van der Waals surface area contributed by atoms with Crippen LogP contribution in [-0.2, 0) is 0 Å². The van der Waals surface area contributed by atoms with E-state index in [4.69, 9.17) is 0 Å². The summed E-state index contributed by atoms with van der Waals surface area (Å²) in [6.45, 7) is -0.676. The minimum atomic E-state index is -2.67. The van der Waals surface area contributed by atoms with Gasteiger partial charge in [0, 0.05) is 22.3 Å². The summed E-state index contributed by atoms with van der Waals surface area (Å²) in [4.78, 5) is 18.7. The molecule has 2 aromatic heterocycles. The van der Waals surface area contributed by atoms with Crippen LogP contribution in [0.1, 0.15) is 0 Å². The summed E-state index contributed by atoms with van der Waals surface area (Å²) in [7, 11) is 0. The molecule has 0 aliphatic carbocycles. The summed E-state index contributed by atoms with van der Waals surface area (Å²) in [5, 5.41) is 0.733. The SMILES string of the molecule is FC1(F)CN(c2nc(-c3cnccn3)nc3cc(Br)ccc23)C1. The van der Waals surface area contributed by atoms with E-state index >= 15 is 0 Å². The van der Waals surface area contributed by atoms with Gasteiger partial charge in [-0.3, -0.25) is 4.98 Å². The highest BCUT2D eigenvalue weighted by Gasteiger charge is 2.45. The molecule has 0 N–H and O–H groups in total. The van der Waals surface area contributed by atoms with Gasteiger partial charge in [-0.1, -0.05) is 15.9 Å². The minimum absolute atomic E-state index is 0.338. The predicted octanol–water partition coefficient (Wildman–Crippen LogP) is 3.30. The van der Waals surface area contributed by atoms with Crippen molar-refractivity contribution in [3.63, 3.8) is 0 Å². The number of benzene rings is 1. The van der Waals surface area contributed by atoms with E-state index in [2.05, 4.69) is 35.9 Å². The summed E-state index contributed by atoms with van der Waals surface area (Å²) < 4.78 is 27.3. The summed E-state index contributed by atoms with van der Waals surface area (Å²) in [5.41, 5.74) is 1.17. The molecule has 0 spiro atoms. The van der Waals surface area contributed by atoms with Crippen LogP contribution >= 0.6 is 15.9 Å². The fraction of sp³-hybridized carbons (Fsp3) is 0.200. The Morgan fingerprint density at radius 2 is 1.96 bits per heavy atom. The van der Waals surface area contributed by atoms with Crippen molar-refractivity contribution in [3.05, 3.63) is 41.3 Å². The molecule has 0 bridgehead atoms. The van der Waals surface area contributed by atoms with Gasteiger partial charge >= 0.3 is 0 Å². The molecule has 1 aliphatic heterocycles. The number of alkyl halides is 2. The largest absolute Gasteiger partial charge is 0.344 e. The zero-order valence-corrected chi connectivity index (χ0v) is 13.3. The topological polar surface area (TPSA) is 54.8 Å². The van der Waals surface area contributed by atoms with Crippen molar-refractivity contribution in [1.29, 1.82) is 0 Å². The number of rotatable bonds is 2. The van der Waals surface area contributed by atoms with Gasteiger partial charge in [0.1, 0.15) is 11.5 Å². The predicted molar refractivity (Wildman–Crippen MR) is 85.4 cm³/mol. The van der Waals surface area contributed by atoms with Crippen molar-refractivity contribution >= 4 is 32.7 Å². The molecule has 23 heavy (non-hydrogen) atoms. The number of hydrogen-bond donors (Lipinski definition) is 0. The first-order valence-corrected chi connectivity index (χ1v) is 7.68. The zero-order chi connectivity index (χ0) is 16.0. The quantitative estimate of drug-likeness (QED) is 0.685. The second-order valence-corrected chi connectivity index (χ2v) is 6.25. The summed E-state index contributed by atoms with van der Waals surface area (Å²) in [6.07, 6.45) is 4.65. The molecule has 3 heterocycles. The zero-order valence-electron chi connectivity index (χ0n) is 11.7. The first-order chi connectivity index (χ1) is 11.0. The van der Waals surface area contributed by atoms with Gasteiger partial charge in [0.25, 0.3) is 5.92 Å². The molecule has 1 saturated heterocycles. The average molecular weight is 378 g/mol. The number of fused-ring (bicyclic) bond motifs is 1. The summed E-state index contributed by atoms with van der Waals surface area (Å²) in [6, 6.07) is 5.50. The Bertz CT molecular complexity index is 880. The molecule has 4 rings (SSSR count). The third kappa shape index (κ3) is 2.63. The maximum atomic E-state index is 13.2. The van der Waals surface area contributed by atoms with Gasteiger partial charge in [0.2, 0.25) is 0 Å². The molecule has 0 atom stereocenters. The first-order valence-electron chi connectivity index (χ1n) is 6.88. The molecule has 116 valence electrons. The first kappa shape index (κ1) is 14.4. The van der Waals surface area contributed by atoms with E-state index in [1.54, 1.807) is 23.5 Å². The van der Waals surface area contributed by atoms with E-state index in [9.17, 15) is 8.78 Å². The van der Waals surface area contributed by atoms with E-state index in [0.29, 0.717) is 22.9 Å². The summed E-state index contributed by atoms with van der Waals surface area (Å²) in [5.74, 6) is -1.80. The molecule has 0 radical (unpaired) electrons. The Morgan fingerprint density at radius 3 is 2.65 bits per heavy atom. The van der Waals surface area contributed by atoms with Crippen LogP contribution in [0.3, 0.4) is 0 Å². The van der Waals surface area contributed by atoms with Crippen molar-refractivity contribution in [2.75, 3.05) is 18.0 Å². The van der Waals surface area contributed by atoms with Gasteiger partial charge in [-0.05, 0) is 18.2 Å². The highest BCUT2D eigenvalue weighted by Crippen LogP contribution is 2.36. The smallest absolute Gasteiger partial charge is 0.282 e. The maximum absolute atomic E-state index is 13.2. The Hall–Kier alpha value is -2.22. The Labute approximate surface area is 138 Å². The van der Waals surface area contributed by atoms with Gasteiger partial charge in [-0.15, -0.1) is 0 Å². The van der Waals surface area contributed by atoms with Gasteiger partial charge in [0.05, 0.1) is 24.8 Å². The van der Waals surface area contributed by atoms with E-state index in [1.807, 2.05) is 18.2 Å². The van der Waals surface area contributed by atoms with Crippen LogP contribution in [0.15, 0.2) is 41.3 Å². The van der Waals surface area contributed by atoms with Gasteiger partial charge in [-0.25, -0.2) is 23.7 Å². The van der Waals surface area contributed by atoms with Crippen LogP contribution in [0.25, 0.3) is 22.4 Å². The number of aromatic nitrogens is 4. The number of nitrogens with zero attached hydrogens (tertiary/aromatic N) is 5. The number of halogens is 3. The molecule has 8 heteroatoms. The van der Waals surface area contributed by atoms with Gasteiger partial charge < -0.3 is 4.90 Å². The van der Waals surface area contributed by atoms with E-state index < -0.39 is 5.92 Å². The normalized spacial score (nSPS) is 16.4. The lowest BCUT2D eigenvalue weighted by Gasteiger charge is -2.40. The lowest BCUT2D eigenvalue weighted by molar-refractivity contribution is -0.0265. The van der Waals surface area contributed by atoms with Crippen molar-refractivity contribution in [1.82, 2.24) is 19.9 Å². The monoisotopic (exact) mass is 377 g/mol. The molecule has 3 aromatic rings. The second kappa shape index (κ2) is 5.16. The second-order valence-electron chi connectivity index (χ2n) is 5.33. The molecule has 0 unspecified atom stereocenters. The Balaban J connectivity index is 1.89. The fourth-order valence-corrected chi connectivity index (χ4v) is 2.87. The van der Waals surface area contributed by atoms with Crippen molar-refractivity contribution in [2.24, 2.45) is 0 Å². The molecule has 0 amide bonds. The standard InChI is InChI=1S/C15H10BrF2N5/c16-9-1-2-10-11(5-9)21-13(12-6-19-3-4-20-12)22-14(10)23-7-15(17,18)8-23/h1-6H,7-8H2. The van der Waals surface area contributed by atoms with Crippen LogP contribution in [0.2, 0.25) is 0 Å². The molecule has 5 nitrogen and oxygen atoms in total. The van der Waals surface area contributed by atoms with Crippen LogP contribution in [0.5, 0.6) is 0 Å². The molecule has 0 saturated carbocycles. The molecule has 1 aliphatic rings. The van der Waals surface area contributed by atoms with E-state index in [0.717, 1.165) is 9.86 Å². The average Bonchev–Trinajstić information content (AvgIpc) is 2.52. The molecular weight excluding hydrogens is 368 g/mol. The molecular formula is C15H10BrF2N5. The van der Waals surface area contributed by atoms with Gasteiger partial charge in [0.15, 0.2) is 5.82 Å². The van der Waals surface area contributed by atoms with E-state index in [1.165, 1.54) is 0 Å². The lowest BCUT2D eigenvalue weighted by atomic mass is 10.1. The van der Waals surface area contributed by atoms with E-state index in [-0.39, 0.29) is 13.1 Å². The Morgan fingerprint density at radius 1 is 1.13 bits per heavy atom. The third-order valence-corrected chi connectivity index (χ3v) is 4.07. The van der Waals surface area contributed by atoms with Crippen molar-refractivity contribution in [3.8, 4) is 11.5 Å². The third-order valence-electron chi connectivity index (χ3n) is 3.58. The highest BCUT2D eigenvalue weighted by molar-refractivity contribution is 9.10. The van der Waals surface area contributed by atoms with Crippen LogP contribution in [0, 0.1) is 0 Å². The van der Waals surface area contributed by atoms with Crippen molar-refractivity contribution in [2.45, 2.75) is 5.92 Å². The van der Waals surface area contributed by atoms with Crippen LogP contribution in [-0.4, -0.2) is 38.9 Å². The lowest BCUT2D eigenvalue weighted by Crippen LogP contribution is -2.56.